The second-order valence-corrected chi connectivity index (χ2v) is 7.41. The van der Waals surface area contributed by atoms with Crippen LogP contribution in [0.4, 0.5) is 0 Å². The largest absolute Gasteiger partial charge is 0.329 e. The number of hydrogen-bond acceptors (Lipinski definition) is 3. The highest BCUT2D eigenvalue weighted by Crippen LogP contribution is 2.33. The van der Waals surface area contributed by atoms with E-state index >= 15 is 0 Å². The van der Waals surface area contributed by atoms with E-state index in [-0.39, 0.29) is 23.3 Å². The molecule has 1 unspecified atom stereocenters. The fourth-order valence-corrected chi connectivity index (χ4v) is 3.94. The predicted molar refractivity (Wildman–Crippen MR) is 95.0 cm³/mol. The Kier molecular flexibility index (Phi) is 5.81. The summed E-state index contributed by atoms with van der Waals surface area (Å²) in [5.74, 6) is 0.386. The van der Waals surface area contributed by atoms with Crippen LogP contribution in [0.5, 0.6) is 0 Å². The van der Waals surface area contributed by atoms with Crippen molar-refractivity contribution in [2.45, 2.75) is 23.8 Å². The highest BCUT2D eigenvalue weighted by atomic mass is 35.5. The van der Waals surface area contributed by atoms with Crippen LogP contribution in [0.25, 0.3) is 11.1 Å². The fraction of sp³-hybridized carbons (Fsp3) is 0.294. The highest BCUT2D eigenvalue weighted by molar-refractivity contribution is 7.89. The van der Waals surface area contributed by atoms with Crippen molar-refractivity contribution in [2.75, 3.05) is 6.54 Å². The van der Waals surface area contributed by atoms with Crippen LogP contribution in [0.15, 0.2) is 59.5 Å². The first-order valence-corrected chi connectivity index (χ1v) is 8.96. The van der Waals surface area contributed by atoms with Gasteiger partial charge in [-0.2, -0.15) is 0 Å². The molecule has 0 spiro atoms. The van der Waals surface area contributed by atoms with Crippen molar-refractivity contribution in [1.29, 1.82) is 0 Å². The van der Waals surface area contributed by atoms with Gasteiger partial charge in [-0.25, -0.2) is 13.1 Å². The maximum Gasteiger partial charge on any atom is 0.240 e. The van der Waals surface area contributed by atoms with E-state index in [0.29, 0.717) is 12.5 Å². The topological polar surface area (TPSA) is 72.2 Å². The molecular formula is C17H21ClN2O2S. The molecule has 1 atom stereocenters. The van der Waals surface area contributed by atoms with Gasteiger partial charge in [0.2, 0.25) is 10.0 Å². The maximum atomic E-state index is 12.6. The van der Waals surface area contributed by atoms with Crippen LogP contribution in [0, 0.1) is 5.92 Å². The molecule has 1 saturated carbocycles. The lowest BCUT2D eigenvalue weighted by Crippen LogP contribution is -2.41. The number of hydrogen-bond donors (Lipinski definition) is 2. The molecule has 0 radical (unpaired) electrons. The Bertz CT molecular complexity index is 746. The number of rotatable bonds is 6. The van der Waals surface area contributed by atoms with Crippen molar-refractivity contribution >= 4 is 22.4 Å². The number of benzene rings is 2. The zero-order valence-electron chi connectivity index (χ0n) is 12.7. The van der Waals surface area contributed by atoms with E-state index in [9.17, 15) is 8.42 Å². The third kappa shape index (κ3) is 4.32. The molecule has 0 saturated heterocycles. The molecule has 0 aromatic heterocycles. The molecule has 2 aromatic carbocycles. The summed E-state index contributed by atoms with van der Waals surface area (Å²) in [6.07, 6.45) is 2.10. The van der Waals surface area contributed by atoms with E-state index in [1.165, 1.54) is 0 Å². The van der Waals surface area contributed by atoms with Gasteiger partial charge in [0.05, 0.1) is 4.90 Å². The summed E-state index contributed by atoms with van der Waals surface area (Å²) in [5.41, 5.74) is 7.58. The Hall–Kier alpha value is -1.40. The van der Waals surface area contributed by atoms with E-state index in [2.05, 4.69) is 4.72 Å². The van der Waals surface area contributed by atoms with Crippen molar-refractivity contribution in [3.05, 3.63) is 54.6 Å². The molecular weight excluding hydrogens is 332 g/mol. The second kappa shape index (κ2) is 7.45. The lowest BCUT2D eigenvalue weighted by molar-refractivity contribution is 0.519. The Balaban J connectivity index is 0.00000192. The molecule has 0 bridgehead atoms. The minimum Gasteiger partial charge on any atom is -0.329 e. The highest BCUT2D eigenvalue weighted by Gasteiger charge is 2.33. The van der Waals surface area contributed by atoms with Gasteiger partial charge in [0.15, 0.2) is 0 Å². The van der Waals surface area contributed by atoms with E-state index in [1.54, 1.807) is 18.2 Å². The van der Waals surface area contributed by atoms with Gasteiger partial charge < -0.3 is 5.73 Å². The minimum atomic E-state index is -3.54. The Morgan fingerprint density at radius 2 is 1.70 bits per heavy atom. The van der Waals surface area contributed by atoms with Crippen LogP contribution in [-0.4, -0.2) is 21.0 Å². The zero-order chi connectivity index (χ0) is 15.6. The number of nitrogens with two attached hydrogens (primary N) is 1. The Morgan fingerprint density at radius 1 is 1.04 bits per heavy atom. The first-order chi connectivity index (χ1) is 10.6. The number of sulfonamides is 1. The molecule has 1 fully saturated rings. The van der Waals surface area contributed by atoms with Crippen LogP contribution in [0.2, 0.25) is 0 Å². The first-order valence-electron chi connectivity index (χ1n) is 7.48. The number of nitrogens with one attached hydrogen (secondary N) is 1. The first kappa shape index (κ1) is 17.9. The SMILES string of the molecule is Cl.NCC(NS(=O)(=O)c1cccc(-c2ccccc2)c1)C1CC1. The molecule has 23 heavy (non-hydrogen) atoms. The molecule has 1 aliphatic rings. The molecule has 3 rings (SSSR count). The predicted octanol–water partition coefficient (Wildman–Crippen LogP) is 2.79. The summed E-state index contributed by atoms with van der Waals surface area (Å²) in [4.78, 5) is 0.285. The Labute approximate surface area is 143 Å². The van der Waals surface area contributed by atoms with E-state index < -0.39 is 10.0 Å². The molecule has 0 aliphatic heterocycles. The average Bonchev–Trinajstić information content (AvgIpc) is 3.38. The van der Waals surface area contributed by atoms with Crippen molar-refractivity contribution < 1.29 is 8.42 Å². The normalized spacial score (nSPS) is 15.7. The Morgan fingerprint density at radius 3 is 2.30 bits per heavy atom. The summed E-state index contributed by atoms with van der Waals surface area (Å²) in [5, 5.41) is 0. The molecule has 124 valence electrons. The molecule has 1 aliphatic carbocycles. The quantitative estimate of drug-likeness (QED) is 0.839. The van der Waals surface area contributed by atoms with Crippen molar-refractivity contribution in [3.63, 3.8) is 0 Å². The van der Waals surface area contributed by atoms with Gasteiger partial charge in [-0.05, 0) is 42.0 Å². The molecule has 6 heteroatoms. The summed E-state index contributed by atoms with van der Waals surface area (Å²) >= 11 is 0. The summed E-state index contributed by atoms with van der Waals surface area (Å²) in [6.45, 7) is 0.336. The van der Waals surface area contributed by atoms with Crippen LogP contribution in [-0.2, 0) is 10.0 Å². The average molecular weight is 353 g/mol. The van der Waals surface area contributed by atoms with Gasteiger partial charge in [-0.15, -0.1) is 12.4 Å². The van der Waals surface area contributed by atoms with Crippen LogP contribution >= 0.6 is 12.4 Å². The summed E-state index contributed by atoms with van der Waals surface area (Å²) in [6, 6.07) is 16.6. The standard InChI is InChI=1S/C17H20N2O2S.ClH/c18-12-17(14-9-10-14)19-22(20,21)16-8-4-7-15(11-16)13-5-2-1-3-6-13;/h1-8,11,14,17,19H,9-10,12,18H2;1H. The third-order valence-electron chi connectivity index (χ3n) is 4.00. The van der Waals surface area contributed by atoms with E-state index in [1.807, 2.05) is 36.4 Å². The lowest BCUT2D eigenvalue weighted by Gasteiger charge is -2.16. The summed E-state index contributed by atoms with van der Waals surface area (Å²) in [7, 11) is -3.54. The molecule has 3 N–H and O–H groups in total. The second-order valence-electron chi connectivity index (χ2n) is 5.69. The van der Waals surface area contributed by atoms with Crippen molar-refractivity contribution in [1.82, 2.24) is 4.72 Å². The van der Waals surface area contributed by atoms with Crippen LogP contribution in [0.3, 0.4) is 0 Å². The van der Waals surface area contributed by atoms with Gasteiger partial charge >= 0.3 is 0 Å². The van der Waals surface area contributed by atoms with Crippen molar-refractivity contribution in [2.24, 2.45) is 11.7 Å². The maximum absolute atomic E-state index is 12.6. The molecule has 4 nitrogen and oxygen atoms in total. The fourth-order valence-electron chi connectivity index (χ4n) is 2.58. The molecule has 2 aromatic rings. The lowest BCUT2D eigenvalue weighted by atomic mass is 10.1. The van der Waals surface area contributed by atoms with Crippen LogP contribution < -0.4 is 10.5 Å². The van der Waals surface area contributed by atoms with Gasteiger partial charge in [0.25, 0.3) is 0 Å². The molecule has 0 amide bonds. The third-order valence-corrected chi connectivity index (χ3v) is 5.49. The smallest absolute Gasteiger partial charge is 0.240 e. The van der Waals surface area contributed by atoms with Gasteiger partial charge in [-0.1, -0.05) is 42.5 Å². The zero-order valence-corrected chi connectivity index (χ0v) is 14.3. The van der Waals surface area contributed by atoms with Crippen molar-refractivity contribution in [3.8, 4) is 11.1 Å². The van der Waals surface area contributed by atoms with Crippen LogP contribution in [0.1, 0.15) is 12.8 Å². The molecule has 0 heterocycles. The van der Waals surface area contributed by atoms with Gasteiger partial charge in [0.1, 0.15) is 0 Å². The monoisotopic (exact) mass is 352 g/mol. The van der Waals surface area contributed by atoms with E-state index in [4.69, 9.17) is 5.73 Å². The minimum absolute atomic E-state index is 0. The summed E-state index contributed by atoms with van der Waals surface area (Å²) < 4.78 is 27.8. The van der Waals surface area contributed by atoms with Gasteiger partial charge in [-0.3, -0.25) is 0 Å². The van der Waals surface area contributed by atoms with E-state index in [0.717, 1.165) is 24.0 Å². The van der Waals surface area contributed by atoms with Gasteiger partial charge in [0, 0.05) is 12.6 Å². The number of halogens is 1.